The maximum absolute atomic E-state index is 5.54. The molecule has 1 aromatic rings. The van der Waals surface area contributed by atoms with Gasteiger partial charge in [0.25, 0.3) is 0 Å². The molecule has 5 heteroatoms. The van der Waals surface area contributed by atoms with Crippen LogP contribution in [-0.4, -0.2) is 16.5 Å². The van der Waals surface area contributed by atoms with E-state index in [4.69, 9.17) is 5.84 Å². The maximum Gasteiger partial charge on any atom is 0.148 e. The minimum atomic E-state index is -0.0981. The van der Waals surface area contributed by atoms with Gasteiger partial charge in [0.15, 0.2) is 0 Å². The van der Waals surface area contributed by atoms with E-state index in [2.05, 4.69) is 48.4 Å². The third-order valence-corrected chi connectivity index (χ3v) is 3.03. The number of unbranched alkanes of at least 4 members (excludes halogenated alkanes) is 2. The third-order valence-electron chi connectivity index (χ3n) is 3.03. The molecule has 0 aliphatic heterocycles. The zero-order chi connectivity index (χ0) is 14.5. The Balaban J connectivity index is 2.95. The van der Waals surface area contributed by atoms with E-state index in [-0.39, 0.29) is 5.41 Å². The fourth-order valence-electron chi connectivity index (χ4n) is 1.75. The lowest BCUT2D eigenvalue weighted by atomic mass is 9.95. The summed E-state index contributed by atoms with van der Waals surface area (Å²) >= 11 is 0. The highest BCUT2D eigenvalue weighted by atomic mass is 15.3. The van der Waals surface area contributed by atoms with Crippen molar-refractivity contribution in [2.75, 3.05) is 17.3 Å². The third kappa shape index (κ3) is 4.35. The summed E-state index contributed by atoms with van der Waals surface area (Å²) in [6, 6.07) is 0. The minimum Gasteiger partial charge on any atom is -0.370 e. The number of rotatable bonds is 6. The normalized spacial score (nSPS) is 11.5. The molecule has 1 heterocycles. The van der Waals surface area contributed by atoms with Gasteiger partial charge in [-0.05, 0) is 13.3 Å². The number of nitrogen functional groups attached to an aromatic ring is 1. The smallest absolute Gasteiger partial charge is 0.148 e. The Morgan fingerprint density at radius 3 is 2.26 bits per heavy atom. The highest BCUT2D eigenvalue weighted by molar-refractivity contribution is 5.57. The van der Waals surface area contributed by atoms with Crippen LogP contribution in [-0.2, 0) is 5.41 Å². The average Bonchev–Trinajstić information content (AvgIpc) is 2.35. The predicted octanol–water partition coefficient (Wildman–Crippen LogP) is 2.97. The molecule has 0 aliphatic rings. The van der Waals surface area contributed by atoms with Crippen LogP contribution in [0.1, 0.15) is 58.3 Å². The zero-order valence-corrected chi connectivity index (χ0v) is 12.8. The lowest BCUT2D eigenvalue weighted by molar-refractivity contribution is 0.546. The molecule has 19 heavy (non-hydrogen) atoms. The highest BCUT2D eigenvalue weighted by Crippen LogP contribution is 2.25. The van der Waals surface area contributed by atoms with Crippen LogP contribution < -0.4 is 16.6 Å². The molecule has 0 unspecified atom stereocenters. The molecule has 5 nitrogen and oxygen atoms in total. The SMILES string of the molecule is CCCCCNc1nc(C(C)(C)C)nc(NN)c1C. The van der Waals surface area contributed by atoms with E-state index in [1.165, 1.54) is 12.8 Å². The Morgan fingerprint density at radius 2 is 1.74 bits per heavy atom. The van der Waals surface area contributed by atoms with Crippen LogP contribution in [0.25, 0.3) is 0 Å². The summed E-state index contributed by atoms with van der Waals surface area (Å²) in [6.07, 6.45) is 3.59. The number of hydrazine groups is 1. The van der Waals surface area contributed by atoms with Gasteiger partial charge in [-0.15, -0.1) is 0 Å². The van der Waals surface area contributed by atoms with Crippen LogP contribution in [0.3, 0.4) is 0 Å². The van der Waals surface area contributed by atoms with Gasteiger partial charge in [-0.2, -0.15) is 0 Å². The molecule has 0 amide bonds. The van der Waals surface area contributed by atoms with E-state index in [1.54, 1.807) is 0 Å². The van der Waals surface area contributed by atoms with Crippen molar-refractivity contribution >= 4 is 11.6 Å². The number of hydrogen-bond acceptors (Lipinski definition) is 5. The quantitative estimate of drug-likeness (QED) is 0.419. The Kier molecular flexibility index (Phi) is 5.54. The van der Waals surface area contributed by atoms with Crippen LogP contribution in [0.15, 0.2) is 0 Å². The molecule has 0 spiro atoms. The first kappa shape index (κ1) is 15.7. The number of anilines is 2. The summed E-state index contributed by atoms with van der Waals surface area (Å²) in [4.78, 5) is 9.11. The molecule has 0 saturated heterocycles. The van der Waals surface area contributed by atoms with Crippen LogP contribution in [0.5, 0.6) is 0 Å². The van der Waals surface area contributed by atoms with Crippen molar-refractivity contribution in [2.45, 2.75) is 59.3 Å². The molecule has 0 radical (unpaired) electrons. The molecule has 1 aromatic heterocycles. The van der Waals surface area contributed by atoms with Gasteiger partial charge < -0.3 is 10.7 Å². The molecule has 0 fully saturated rings. The van der Waals surface area contributed by atoms with E-state index in [1.807, 2.05) is 6.92 Å². The van der Waals surface area contributed by atoms with Gasteiger partial charge in [-0.1, -0.05) is 40.5 Å². The molecule has 1 rings (SSSR count). The predicted molar refractivity (Wildman–Crippen MR) is 81.3 cm³/mol. The monoisotopic (exact) mass is 265 g/mol. The number of nitrogens with one attached hydrogen (secondary N) is 2. The number of aromatic nitrogens is 2. The molecule has 0 bridgehead atoms. The molecule has 4 N–H and O–H groups in total. The lowest BCUT2D eigenvalue weighted by Crippen LogP contribution is -2.21. The largest absolute Gasteiger partial charge is 0.370 e. The minimum absolute atomic E-state index is 0.0981. The van der Waals surface area contributed by atoms with Crippen molar-refractivity contribution in [2.24, 2.45) is 5.84 Å². The zero-order valence-electron chi connectivity index (χ0n) is 12.8. The molecular weight excluding hydrogens is 238 g/mol. The summed E-state index contributed by atoms with van der Waals surface area (Å²) in [5.74, 6) is 7.91. The fourth-order valence-corrected chi connectivity index (χ4v) is 1.75. The Labute approximate surface area is 116 Å². The average molecular weight is 265 g/mol. The summed E-state index contributed by atoms with van der Waals surface area (Å²) in [6.45, 7) is 11.4. The Bertz CT molecular complexity index is 409. The van der Waals surface area contributed by atoms with Gasteiger partial charge >= 0.3 is 0 Å². The van der Waals surface area contributed by atoms with Crippen molar-refractivity contribution < 1.29 is 0 Å². The van der Waals surface area contributed by atoms with Crippen molar-refractivity contribution in [3.8, 4) is 0 Å². The summed E-state index contributed by atoms with van der Waals surface area (Å²) in [5.41, 5.74) is 3.53. The van der Waals surface area contributed by atoms with Gasteiger partial charge in [-0.25, -0.2) is 15.8 Å². The molecular formula is C14H27N5. The molecule has 0 saturated carbocycles. The molecule has 0 aliphatic carbocycles. The number of hydrogen-bond donors (Lipinski definition) is 3. The van der Waals surface area contributed by atoms with Crippen LogP contribution in [0.2, 0.25) is 0 Å². The van der Waals surface area contributed by atoms with Gasteiger partial charge in [0.1, 0.15) is 17.5 Å². The molecule has 108 valence electrons. The molecule has 0 aromatic carbocycles. The summed E-state index contributed by atoms with van der Waals surface area (Å²) < 4.78 is 0. The van der Waals surface area contributed by atoms with E-state index >= 15 is 0 Å². The second-order valence-electron chi connectivity index (χ2n) is 5.90. The molecule has 0 atom stereocenters. The van der Waals surface area contributed by atoms with Crippen LogP contribution in [0, 0.1) is 6.92 Å². The van der Waals surface area contributed by atoms with Crippen LogP contribution in [0.4, 0.5) is 11.6 Å². The van der Waals surface area contributed by atoms with Crippen molar-refractivity contribution in [3.05, 3.63) is 11.4 Å². The van der Waals surface area contributed by atoms with Crippen molar-refractivity contribution in [1.82, 2.24) is 9.97 Å². The topological polar surface area (TPSA) is 75.9 Å². The highest BCUT2D eigenvalue weighted by Gasteiger charge is 2.20. The second-order valence-corrected chi connectivity index (χ2v) is 5.90. The van der Waals surface area contributed by atoms with Gasteiger partial charge in [0.05, 0.1) is 0 Å². The van der Waals surface area contributed by atoms with Crippen molar-refractivity contribution in [3.63, 3.8) is 0 Å². The van der Waals surface area contributed by atoms with E-state index in [9.17, 15) is 0 Å². The Morgan fingerprint density at radius 1 is 1.11 bits per heavy atom. The standard InChI is InChI=1S/C14H27N5/c1-6-7-8-9-16-11-10(2)12(19-15)18-13(17-11)14(3,4)5/h6-9,15H2,1-5H3,(H2,16,17,18,19). The first-order valence-corrected chi connectivity index (χ1v) is 6.99. The first-order chi connectivity index (χ1) is 8.90. The first-order valence-electron chi connectivity index (χ1n) is 6.99. The van der Waals surface area contributed by atoms with Gasteiger partial charge in [-0.3, -0.25) is 0 Å². The number of nitrogens with two attached hydrogens (primary N) is 1. The van der Waals surface area contributed by atoms with E-state index in [0.717, 1.165) is 30.2 Å². The summed E-state index contributed by atoms with van der Waals surface area (Å²) in [7, 11) is 0. The maximum atomic E-state index is 5.54. The Hall–Kier alpha value is -1.36. The lowest BCUT2D eigenvalue weighted by Gasteiger charge is -2.20. The van der Waals surface area contributed by atoms with Gasteiger partial charge in [0, 0.05) is 17.5 Å². The second kappa shape index (κ2) is 6.70. The fraction of sp³-hybridized carbons (Fsp3) is 0.714. The number of nitrogens with zero attached hydrogens (tertiary/aromatic N) is 2. The summed E-state index contributed by atoms with van der Waals surface area (Å²) in [5, 5.41) is 3.39. The van der Waals surface area contributed by atoms with Crippen LogP contribution >= 0.6 is 0 Å². The van der Waals surface area contributed by atoms with E-state index < -0.39 is 0 Å². The van der Waals surface area contributed by atoms with Gasteiger partial charge in [0.2, 0.25) is 0 Å². The van der Waals surface area contributed by atoms with Crippen molar-refractivity contribution in [1.29, 1.82) is 0 Å². The van der Waals surface area contributed by atoms with E-state index in [0.29, 0.717) is 5.82 Å².